The number of hydrogen-bond acceptors (Lipinski definition) is 3. The average Bonchev–Trinajstić information content (AvgIpc) is 3.36. The maximum atomic E-state index is 4.40. The van der Waals surface area contributed by atoms with Gasteiger partial charge in [-0.3, -0.25) is 9.89 Å². The predicted molar refractivity (Wildman–Crippen MR) is 99.1 cm³/mol. The number of nitrogens with zero attached hydrogens (tertiary/aromatic N) is 3. The van der Waals surface area contributed by atoms with Crippen LogP contribution in [0.2, 0.25) is 0 Å². The van der Waals surface area contributed by atoms with Crippen molar-refractivity contribution in [3.63, 3.8) is 0 Å². The maximum absolute atomic E-state index is 4.40. The highest BCUT2D eigenvalue weighted by atomic mass is 15.3. The first-order valence-corrected chi connectivity index (χ1v) is 9.30. The lowest BCUT2D eigenvalue weighted by atomic mass is 9.98. The minimum atomic E-state index is 0.176. The summed E-state index contributed by atoms with van der Waals surface area (Å²) in [5.74, 6) is 1.79. The standard InChI is InChI=1S/C18H37N5/c1-18(2,23-11-7-6-8-12-23)14-21-17(19-3)20-13-16(22(4)5)15-9-10-15/h15-16H,6-14H2,1-5H3,(H2,19,20,21). The summed E-state index contributed by atoms with van der Waals surface area (Å²) in [6, 6.07) is 0.614. The molecule has 0 radical (unpaired) electrons. The van der Waals surface area contributed by atoms with Crippen molar-refractivity contribution in [3.05, 3.63) is 0 Å². The van der Waals surface area contributed by atoms with E-state index in [-0.39, 0.29) is 5.54 Å². The molecule has 1 aliphatic carbocycles. The largest absolute Gasteiger partial charge is 0.355 e. The monoisotopic (exact) mass is 323 g/mol. The van der Waals surface area contributed by atoms with Gasteiger partial charge < -0.3 is 15.5 Å². The molecular weight excluding hydrogens is 286 g/mol. The zero-order chi connectivity index (χ0) is 16.9. The van der Waals surface area contributed by atoms with Crippen molar-refractivity contribution in [2.45, 2.75) is 57.5 Å². The zero-order valence-corrected chi connectivity index (χ0v) is 15.9. The van der Waals surface area contributed by atoms with Crippen molar-refractivity contribution < 1.29 is 0 Å². The molecule has 134 valence electrons. The summed E-state index contributed by atoms with van der Waals surface area (Å²) in [6.45, 7) is 9.04. The van der Waals surface area contributed by atoms with Gasteiger partial charge in [0.1, 0.15) is 0 Å². The van der Waals surface area contributed by atoms with E-state index in [1.54, 1.807) is 0 Å². The summed E-state index contributed by atoms with van der Waals surface area (Å²) in [5.41, 5.74) is 0.176. The third-order valence-electron chi connectivity index (χ3n) is 5.43. The second kappa shape index (κ2) is 8.34. The number of likely N-dealkylation sites (tertiary alicyclic amines) is 1. The molecule has 2 aliphatic rings. The van der Waals surface area contributed by atoms with Gasteiger partial charge in [0, 0.05) is 31.7 Å². The minimum absolute atomic E-state index is 0.176. The van der Waals surface area contributed by atoms with E-state index in [0.717, 1.165) is 25.0 Å². The second-order valence-corrected chi connectivity index (χ2v) is 8.04. The molecule has 2 fully saturated rings. The normalized spacial score (nSPS) is 22.3. The molecule has 1 heterocycles. The Kier molecular flexibility index (Phi) is 6.72. The van der Waals surface area contributed by atoms with Gasteiger partial charge in [-0.15, -0.1) is 0 Å². The number of rotatable bonds is 7. The van der Waals surface area contributed by atoms with Gasteiger partial charge in [0.05, 0.1) is 0 Å². The van der Waals surface area contributed by atoms with Crippen LogP contribution in [0, 0.1) is 5.92 Å². The SMILES string of the molecule is CN=C(NCC(C1CC1)N(C)C)NCC(C)(C)N1CCCCC1. The topological polar surface area (TPSA) is 42.9 Å². The lowest BCUT2D eigenvalue weighted by Gasteiger charge is -2.41. The van der Waals surface area contributed by atoms with Crippen LogP contribution in [-0.2, 0) is 0 Å². The average molecular weight is 324 g/mol. The third kappa shape index (κ3) is 5.64. The third-order valence-corrected chi connectivity index (χ3v) is 5.43. The highest BCUT2D eigenvalue weighted by molar-refractivity contribution is 5.79. The predicted octanol–water partition coefficient (Wildman–Crippen LogP) is 1.76. The van der Waals surface area contributed by atoms with Gasteiger partial charge in [-0.25, -0.2) is 0 Å². The summed E-state index contributed by atoms with van der Waals surface area (Å²) < 4.78 is 0. The van der Waals surface area contributed by atoms with Crippen molar-refractivity contribution in [1.29, 1.82) is 0 Å². The Hall–Kier alpha value is -0.810. The van der Waals surface area contributed by atoms with Crippen molar-refractivity contribution in [1.82, 2.24) is 20.4 Å². The van der Waals surface area contributed by atoms with Crippen molar-refractivity contribution >= 4 is 5.96 Å². The molecule has 1 unspecified atom stereocenters. The van der Waals surface area contributed by atoms with Crippen molar-refractivity contribution in [2.75, 3.05) is 47.3 Å². The van der Waals surface area contributed by atoms with E-state index < -0.39 is 0 Å². The van der Waals surface area contributed by atoms with Crippen LogP contribution in [0.3, 0.4) is 0 Å². The molecular formula is C18H37N5. The number of likely N-dealkylation sites (N-methyl/N-ethyl adjacent to an activating group) is 1. The highest BCUT2D eigenvalue weighted by Gasteiger charge is 2.32. The molecule has 1 aliphatic heterocycles. The molecule has 1 saturated carbocycles. The van der Waals surface area contributed by atoms with Crippen LogP contribution in [0.5, 0.6) is 0 Å². The second-order valence-electron chi connectivity index (χ2n) is 8.04. The number of piperidine rings is 1. The maximum Gasteiger partial charge on any atom is 0.191 e. The molecule has 5 nitrogen and oxygen atoms in total. The fourth-order valence-electron chi connectivity index (χ4n) is 3.58. The Balaban J connectivity index is 1.77. The Bertz CT molecular complexity index is 379. The quantitative estimate of drug-likeness (QED) is 0.553. The summed E-state index contributed by atoms with van der Waals surface area (Å²) >= 11 is 0. The number of guanidine groups is 1. The summed E-state index contributed by atoms with van der Waals surface area (Å²) in [5, 5.41) is 7.07. The zero-order valence-electron chi connectivity index (χ0n) is 15.9. The van der Waals surface area contributed by atoms with Gasteiger partial charge in [0.15, 0.2) is 5.96 Å². The van der Waals surface area contributed by atoms with E-state index >= 15 is 0 Å². The molecule has 1 atom stereocenters. The van der Waals surface area contributed by atoms with Crippen LogP contribution in [0.1, 0.15) is 46.0 Å². The lowest BCUT2D eigenvalue weighted by Crippen LogP contribution is -2.55. The minimum Gasteiger partial charge on any atom is -0.355 e. The molecule has 0 aromatic carbocycles. The van der Waals surface area contributed by atoms with Crippen molar-refractivity contribution in [2.24, 2.45) is 10.9 Å². The molecule has 5 heteroatoms. The number of aliphatic imine (C=N–C) groups is 1. The summed E-state index contributed by atoms with van der Waals surface area (Å²) in [7, 11) is 6.23. The van der Waals surface area contributed by atoms with E-state index in [0.29, 0.717) is 6.04 Å². The van der Waals surface area contributed by atoms with E-state index in [9.17, 15) is 0 Å². The smallest absolute Gasteiger partial charge is 0.191 e. The molecule has 2 N–H and O–H groups in total. The molecule has 0 spiro atoms. The van der Waals surface area contributed by atoms with Gasteiger partial charge >= 0.3 is 0 Å². The van der Waals surface area contributed by atoms with E-state index in [4.69, 9.17) is 0 Å². The van der Waals surface area contributed by atoms with Gasteiger partial charge in [0.25, 0.3) is 0 Å². The molecule has 0 bridgehead atoms. The molecule has 2 rings (SSSR count). The molecule has 1 saturated heterocycles. The number of nitrogens with one attached hydrogen (secondary N) is 2. The highest BCUT2D eigenvalue weighted by Crippen LogP contribution is 2.34. The molecule has 0 aromatic rings. The Morgan fingerprint density at radius 3 is 2.35 bits per heavy atom. The fraction of sp³-hybridized carbons (Fsp3) is 0.944. The van der Waals surface area contributed by atoms with Gasteiger partial charge in [0.2, 0.25) is 0 Å². The fourth-order valence-corrected chi connectivity index (χ4v) is 3.58. The van der Waals surface area contributed by atoms with Crippen LogP contribution >= 0.6 is 0 Å². The molecule has 0 amide bonds. The Morgan fingerprint density at radius 1 is 1.17 bits per heavy atom. The van der Waals surface area contributed by atoms with Crippen LogP contribution < -0.4 is 10.6 Å². The lowest BCUT2D eigenvalue weighted by molar-refractivity contribution is 0.0982. The van der Waals surface area contributed by atoms with E-state index in [1.165, 1.54) is 45.2 Å². The summed E-state index contributed by atoms with van der Waals surface area (Å²) in [6.07, 6.45) is 6.80. The number of hydrogen-bond donors (Lipinski definition) is 2. The van der Waals surface area contributed by atoms with Crippen LogP contribution in [0.4, 0.5) is 0 Å². The first kappa shape index (κ1) is 18.5. The molecule has 23 heavy (non-hydrogen) atoms. The van der Waals surface area contributed by atoms with E-state index in [2.05, 4.69) is 53.4 Å². The van der Waals surface area contributed by atoms with Gasteiger partial charge in [-0.05, 0) is 72.6 Å². The van der Waals surface area contributed by atoms with Crippen LogP contribution in [-0.4, -0.2) is 74.7 Å². The van der Waals surface area contributed by atoms with Crippen LogP contribution in [0.25, 0.3) is 0 Å². The molecule has 0 aromatic heterocycles. The summed E-state index contributed by atoms with van der Waals surface area (Å²) in [4.78, 5) is 9.36. The Labute approximate surface area is 142 Å². The van der Waals surface area contributed by atoms with Crippen LogP contribution in [0.15, 0.2) is 4.99 Å². The first-order chi connectivity index (χ1) is 10.9. The van der Waals surface area contributed by atoms with Gasteiger partial charge in [-0.1, -0.05) is 6.42 Å². The van der Waals surface area contributed by atoms with E-state index in [1.807, 2.05) is 7.05 Å². The van der Waals surface area contributed by atoms with Gasteiger partial charge in [-0.2, -0.15) is 0 Å². The Morgan fingerprint density at radius 2 is 1.83 bits per heavy atom. The first-order valence-electron chi connectivity index (χ1n) is 9.30. The van der Waals surface area contributed by atoms with Crippen molar-refractivity contribution in [3.8, 4) is 0 Å².